The maximum atomic E-state index is 12.6. The fourth-order valence-electron chi connectivity index (χ4n) is 2.61. The lowest BCUT2D eigenvalue weighted by atomic mass is 10.1. The molecule has 0 atom stereocenters. The summed E-state index contributed by atoms with van der Waals surface area (Å²) in [5.74, 6) is -0.952. The minimum absolute atomic E-state index is 0.0698. The summed E-state index contributed by atoms with van der Waals surface area (Å²) in [6.45, 7) is 0. The molecule has 0 saturated heterocycles. The van der Waals surface area contributed by atoms with Crippen LogP contribution in [0, 0.1) is 4.77 Å². The fourth-order valence-corrected chi connectivity index (χ4v) is 3.03. The van der Waals surface area contributed by atoms with Crippen molar-refractivity contribution in [2.45, 2.75) is 12.8 Å². The molecule has 0 spiro atoms. The van der Waals surface area contributed by atoms with Crippen molar-refractivity contribution in [1.82, 2.24) is 9.55 Å². The second kappa shape index (κ2) is 7.69. The van der Waals surface area contributed by atoms with Crippen LogP contribution in [-0.2, 0) is 6.42 Å². The van der Waals surface area contributed by atoms with E-state index in [-0.39, 0.29) is 22.3 Å². The summed E-state index contributed by atoms with van der Waals surface area (Å²) in [5, 5.41) is 11.1. The summed E-state index contributed by atoms with van der Waals surface area (Å²) >= 11 is 11.0. The molecule has 0 fully saturated rings. The lowest BCUT2D eigenvalue weighted by molar-refractivity contribution is -0.274. The number of para-hydroxylation sites is 1. The molecule has 0 radical (unpaired) electrons. The van der Waals surface area contributed by atoms with E-state index in [2.05, 4.69) is 9.72 Å². The SMILES string of the molecule is O=c1[nH]c(=S)n(-c2ccc(Cl)cc2)c(O)c1Cc1ccccc1OC(F)(F)F. The van der Waals surface area contributed by atoms with Crippen molar-refractivity contribution < 1.29 is 23.0 Å². The normalized spacial score (nSPS) is 11.4. The van der Waals surface area contributed by atoms with Crippen LogP contribution in [0.1, 0.15) is 11.1 Å². The van der Waals surface area contributed by atoms with E-state index in [4.69, 9.17) is 23.8 Å². The van der Waals surface area contributed by atoms with Gasteiger partial charge in [-0.25, -0.2) is 0 Å². The highest BCUT2D eigenvalue weighted by Crippen LogP contribution is 2.29. The lowest BCUT2D eigenvalue weighted by Gasteiger charge is -2.15. The molecule has 28 heavy (non-hydrogen) atoms. The third kappa shape index (κ3) is 4.37. The number of ether oxygens (including phenoxy) is 1. The summed E-state index contributed by atoms with van der Waals surface area (Å²) < 4.78 is 43.0. The highest BCUT2D eigenvalue weighted by molar-refractivity contribution is 7.71. The Morgan fingerprint density at radius 2 is 1.79 bits per heavy atom. The van der Waals surface area contributed by atoms with Gasteiger partial charge in [0.15, 0.2) is 4.77 Å². The van der Waals surface area contributed by atoms with Gasteiger partial charge in [0.05, 0.1) is 11.3 Å². The highest BCUT2D eigenvalue weighted by Gasteiger charge is 2.32. The van der Waals surface area contributed by atoms with Gasteiger partial charge in [0.2, 0.25) is 5.88 Å². The van der Waals surface area contributed by atoms with Gasteiger partial charge in [-0.2, -0.15) is 0 Å². The Labute approximate surface area is 166 Å². The Kier molecular flexibility index (Phi) is 5.48. The molecule has 0 bridgehead atoms. The third-order valence-electron chi connectivity index (χ3n) is 3.83. The number of aromatic nitrogens is 2. The number of H-pyrrole nitrogens is 1. The number of nitrogens with zero attached hydrogens (tertiary/aromatic N) is 1. The Morgan fingerprint density at radius 3 is 2.43 bits per heavy atom. The molecule has 2 N–H and O–H groups in total. The number of nitrogens with one attached hydrogen (secondary N) is 1. The molecule has 0 aliphatic carbocycles. The van der Waals surface area contributed by atoms with Crippen molar-refractivity contribution in [3.63, 3.8) is 0 Å². The number of benzene rings is 2. The van der Waals surface area contributed by atoms with Crippen LogP contribution in [0.2, 0.25) is 5.02 Å². The molecule has 10 heteroatoms. The van der Waals surface area contributed by atoms with Crippen molar-refractivity contribution in [2.75, 3.05) is 0 Å². The summed E-state index contributed by atoms with van der Waals surface area (Å²) in [5.41, 5.74) is -0.388. The quantitative estimate of drug-likeness (QED) is 0.589. The lowest BCUT2D eigenvalue weighted by Crippen LogP contribution is -2.20. The summed E-state index contributed by atoms with van der Waals surface area (Å²) in [4.78, 5) is 14.7. The molecule has 3 rings (SSSR count). The van der Waals surface area contributed by atoms with Crippen molar-refractivity contribution in [3.05, 3.63) is 79.8 Å². The highest BCUT2D eigenvalue weighted by atomic mass is 35.5. The summed E-state index contributed by atoms with van der Waals surface area (Å²) in [6.07, 6.45) is -5.20. The van der Waals surface area contributed by atoms with Gasteiger partial charge in [0.25, 0.3) is 5.56 Å². The van der Waals surface area contributed by atoms with Crippen LogP contribution in [0.15, 0.2) is 53.3 Å². The molecule has 0 amide bonds. The predicted octanol–water partition coefficient (Wildman–Crippen LogP) is 4.74. The molecular formula is C18H12ClF3N2O3S. The minimum atomic E-state index is -4.89. The van der Waals surface area contributed by atoms with E-state index >= 15 is 0 Å². The second-order valence-corrected chi connectivity index (χ2v) is 6.53. The van der Waals surface area contributed by atoms with Crippen LogP contribution in [0.3, 0.4) is 0 Å². The van der Waals surface area contributed by atoms with Crippen molar-refractivity contribution in [2.24, 2.45) is 0 Å². The number of hydrogen-bond donors (Lipinski definition) is 2. The van der Waals surface area contributed by atoms with E-state index < -0.39 is 23.6 Å². The molecule has 146 valence electrons. The van der Waals surface area contributed by atoms with Gasteiger partial charge in [-0.3, -0.25) is 14.3 Å². The van der Waals surface area contributed by atoms with E-state index in [0.29, 0.717) is 10.7 Å². The Bertz CT molecular complexity index is 1120. The fraction of sp³-hybridized carbons (Fsp3) is 0.111. The van der Waals surface area contributed by atoms with Crippen molar-refractivity contribution in [3.8, 4) is 17.3 Å². The van der Waals surface area contributed by atoms with Gasteiger partial charge in [0, 0.05) is 11.4 Å². The zero-order valence-electron chi connectivity index (χ0n) is 14.0. The van der Waals surface area contributed by atoms with E-state index in [1.807, 2.05) is 0 Å². The molecular weight excluding hydrogens is 417 g/mol. The standard InChI is InChI=1S/C18H12ClF3N2O3S/c19-11-5-7-12(8-6-11)24-16(26)13(15(25)23-17(24)28)9-10-3-1-2-4-14(10)27-18(20,21)22/h1-8,26H,9H2,(H,23,25,28). The maximum Gasteiger partial charge on any atom is 0.573 e. The zero-order chi connectivity index (χ0) is 20.5. The number of aromatic hydroxyl groups is 1. The molecule has 0 saturated carbocycles. The van der Waals surface area contributed by atoms with Crippen LogP contribution in [0.25, 0.3) is 5.69 Å². The summed E-state index contributed by atoms with van der Waals surface area (Å²) in [6, 6.07) is 11.6. The largest absolute Gasteiger partial charge is 0.573 e. The summed E-state index contributed by atoms with van der Waals surface area (Å²) in [7, 11) is 0. The topological polar surface area (TPSA) is 67.2 Å². The molecule has 2 aromatic carbocycles. The van der Waals surface area contributed by atoms with Gasteiger partial charge < -0.3 is 9.84 Å². The Morgan fingerprint density at radius 1 is 1.14 bits per heavy atom. The molecule has 3 aromatic rings. The number of hydrogen-bond acceptors (Lipinski definition) is 4. The zero-order valence-corrected chi connectivity index (χ0v) is 15.5. The first-order valence-corrected chi connectivity index (χ1v) is 8.61. The van der Waals surface area contributed by atoms with Crippen LogP contribution >= 0.6 is 23.8 Å². The van der Waals surface area contributed by atoms with Gasteiger partial charge in [-0.15, -0.1) is 13.2 Å². The number of alkyl halides is 3. The Balaban J connectivity index is 2.10. The average molecular weight is 429 g/mol. The minimum Gasteiger partial charge on any atom is -0.494 e. The first kappa shape index (κ1) is 20.0. The van der Waals surface area contributed by atoms with Crippen LogP contribution in [0.5, 0.6) is 11.6 Å². The van der Waals surface area contributed by atoms with Gasteiger partial charge in [-0.1, -0.05) is 29.8 Å². The number of aromatic amines is 1. The average Bonchev–Trinajstić information content (AvgIpc) is 2.60. The van der Waals surface area contributed by atoms with Crippen molar-refractivity contribution in [1.29, 1.82) is 0 Å². The van der Waals surface area contributed by atoms with Crippen LogP contribution in [-0.4, -0.2) is 21.0 Å². The number of rotatable bonds is 4. The van der Waals surface area contributed by atoms with Gasteiger partial charge in [0.1, 0.15) is 5.75 Å². The van der Waals surface area contributed by atoms with Gasteiger partial charge in [-0.05, 0) is 48.1 Å². The number of halogens is 4. The first-order valence-electron chi connectivity index (χ1n) is 7.82. The molecule has 0 aliphatic rings. The van der Waals surface area contributed by atoms with Gasteiger partial charge >= 0.3 is 6.36 Å². The van der Waals surface area contributed by atoms with E-state index in [9.17, 15) is 23.1 Å². The second-order valence-electron chi connectivity index (χ2n) is 5.71. The Hall–Kier alpha value is -2.78. The van der Waals surface area contributed by atoms with E-state index in [1.54, 1.807) is 24.3 Å². The maximum absolute atomic E-state index is 12.6. The smallest absolute Gasteiger partial charge is 0.494 e. The predicted molar refractivity (Wildman–Crippen MR) is 99.8 cm³/mol. The molecule has 5 nitrogen and oxygen atoms in total. The van der Waals surface area contributed by atoms with Crippen LogP contribution < -0.4 is 10.3 Å². The van der Waals surface area contributed by atoms with Crippen LogP contribution in [0.4, 0.5) is 13.2 Å². The van der Waals surface area contributed by atoms with Crippen molar-refractivity contribution >= 4 is 23.8 Å². The van der Waals surface area contributed by atoms with E-state index in [1.165, 1.54) is 22.8 Å². The van der Waals surface area contributed by atoms with E-state index in [0.717, 1.165) is 6.07 Å². The molecule has 0 aliphatic heterocycles. The third-order valence-corrected chi connectivity index (χ3v) is 4.37. The monoisotopic (exact) mass is 428 g/mol. The first-order chi connectivity index (χ1) is 13.2. The molecule has 1 aromatic heterocycles. The molecule has 1 heterocycles. The molecule has 0 unspecified atom stereocenters.